The lowest BCUT2D eigenvalue weighted by Crippen LogP contribution is -2.38. The van der Waals surface area contributed by atoms with Gasteiger partial charge in [0.1, 0.15) is 5.75 Å². The molecule has 20 heavy (non-hydrogen) atoms. The molecule has 2 rings (SSSR count). The molecule has 1 aliphatic rings. The lowest BCUT2D eigenvalue weighted by Gasteiger charge is -2.16. The van der Waals surface area contributed by atoms with Crippen molar-refractivity contribution in [1.29, 1.82) is 0 Å². The molecular formula is C14H18N2O4. The van der Waals surface area contributed by atoms with E-state index in [1.807, 2.05) is 24.3 Å². The fourth-order valence-electron chi connectivity index (χ4n) is 2.22. The van der Waals surface area contributed by atoms with Gasteiger partial charge >= 0.3 is 12.0 Å². The third kappa shape index (κ3) is 3.40. The average molecular weight is 278 g/mol. The first-order chi connectivity index (χ1) is 9.60. The largest absolute Gasteiger partial charge is 0.497 e. The van der Waals surface area contributed by atoms with Gasteiger partial charge < -0.3 is 20.1 Å². The highest BCUT2D eigenvalue weighted by Gasteiger charge is 2.30. The second-order valence-corrected chi connectivity index (χ2v) is 4.78. The number of carboxylic acid groups (broad SMARTS) is 1. The van der Waals surface area contributed by atoms with Crippen molar-refractivity contribution in [3.05, 3.63) is 29.8 Å². The van der Waals surface area contributed by atoms with Crippen molar-refractivity contribution in [2.24, 2.45) is 5.92 Å². The van der Waals surface area contributed by atoms with Gasteiger partial charge in [-0.2, -0.15) is 0 Å². The zero-order valence-electron chi connectivity index (χ0n) is 11.3. The van der Waals surface area contributed by atoms with E-state index in [1.54, 1.807) is 12.0 Å². The maximum atomic E-state index is 11.9. The van der Waals surface area contributed by atoms with Gasteiger partial charge in [-0.1, -0.05) is 12.1 Å². The number of ether oxygens (including phenoxy) is 1. The number of nitrogens with one attached hydrogen (secondary N) is 1. The summed E-state index contributed by atoms with van der Waals surface area (Å²) in [6, 6.07) is 7.22. The van der Waals surface area contributed by atoms with Crippen molar-refractivity contribution in [2.45, 2.75) is 13.0 Å². The SMILES string of the molecule is COc1cccc(CNC(=O)N2CCC(C(=O)O)C2)c1. The van der Waals surface area contributed by atoms with E-state index < -0.39 is 11.9 Å². The summed E-state index contributed by atoms with van der Waals surface area (Å²) in [5, 5.41) is 11.7. The number of hydrogen-bond donors (Lipinski definition) is 2. The summed E-state index contributed by atoms with van der Waals surface area (Å²) in [6.07, 6.45) is 0.516. The third-order valence-electron chi connectivity index (χ3n) is 3.40. The number of benzene rings is 1. The minimum Gasteiger partial charge on any atom is -0.497 e. The van der Waals surface area contributed by atoms with Crippen LogP contribution < -0.4 is 10.1 Å². The fourth-order valence-corrected chi connectivity index (χ4v) is 2.22. The van der Waals surface area contributed by atoms with Gasteiger partial charge in [0.2, 0.25) is 0 Å². The summed E-state index contributed by atoms with van der Waals surface area (Å²) in [5.41, 5.74) is 0.937. The average Bonchev–Trinajstić information content (AvgIpc) is 2.95. The van der Waals surface area contributed by atoms with Gasteiger partial charge in [-0.05, 0) is 24.1 Å². The number of rotatable bonds is 4. The van der Waals surface area contributed by atoms with Gasteiger partial charge in [0, 0.05) is 19.6 Å². The van der Waals surface area contributed by atoms with Gasteiger partial charge in [-0.25, -0.2) is 4.79 Å². The molecule has 108 valence electrons. The molecule has 1 aromatic rings. The molecule has 0 radical (unpaired) electrons. The predicted octanol–water partition coefficient (Wildman–Crippen LogP) is 1.31. The summed E-state index contributed by atoms with van der Waals surface area (Å²) >= 11 is 0. The van der Waals surface area contributed by atoms with E-state index in [0.29, 0.717) is 19.5 Å². The molecule has 6 heteroatoms. The first kappa shape index (κ1) is 14.2. The van der Waals surface area contributed by atoms with Gasteiger partial charge in [0.25, 0.3) is 0 Å². The Bertz CT molecular complexity index is 504. The summed E-state index contributed by atoms with van der Waals surface area (Å²) in [5.74, 6) is -0.547. The normalized spacial score (nSPS) is 17.9. The molecule has 1 heterocycles. The van der Waals surface area contributed by atoms with Gasteiger partial charge in [0.05, 0.1) is 13.0 Å². The molecule has 0 bridgehead atoms. The molecule has 0 aliphatic carbocycles. The molecule has 6 nitrogen and oxygen atoms in total. The molecule has 0 spiro atoms. The van der Waals surface area contributed by atoms with Crippen LogP contribution in [0, 0.1) is 5.92 Å². The minimum absolute atomic E-state index is 0.225. The number of aliphatic carboxylic acids is 1. The Labute approximate surface area is 117 Å². The van der Waals surface area contributed by atoms with Crippen LogP contribution in [0.5, 0.6) is 5.75 Å². The summed E-state index contributed by atoms with van der Waals surface area (Å²) in [4.78, 5) is 24.3. The molecule has 0 aromatic heterocycles. The van der Waals surface area contributed by atoms with E-state index in [-0.39, 0.29) is 12.6 Å². The molecule has 1 saturated heterocycles. The summed E-state index contributed by atoms with van der Waals surface area (Å²) in [6.45, 7) is 1.16. The maximum absolute atomic E-state index is 11.9. The Morgan fingerprint density at radius 2 is 2.30 bits per heavy atom. The van der Waals surface area contributed by atoms with E-state index >= 15 is 0 Å². The Morgan fingerprint density at radius 3 is 2.95 bits per heavy atom. The number of carbonyl (C=O) groups is 2. The van der Waals surface area contributed by atoms with Crippen LogP contribution in [0.2, 0.25) is 0 Å². The number of hydrogen-bond acceptors (Lipinski definition) is 3. The van der Waals surface area contributed by atoms with Crippen LogP contribution in [0.4, 0.5) is 4.79 Å². The molecule has 1 atom stereocenters. The van der Waals surface area contributed by atoms with Crippen LogP contribution in [0.1, 0.15) is 12.0 Å². The van der Waals surface area contributed by atoms with Crippen molar-refractivity contribution in [1.82, 2.24) is 10.2 Å². The quantitative estimate of drug-likeness (QED) is 0.870. The number of urea groups is 1. The Kier molecular flexibility index (Phi) is 4.45. The highest BCUT2D eigenvalue weighted by atomic mass is 16.5. The van der Waals surface area contributed by atoms with Gasteiger partial charge in [-0.3, -0.25) is 4.79 Å². The van der Waals surface area contributed by atoms with Gasteiger partial charge in [0.15, 0.2) is 0 Å². The molecule has 2 N–H and O–H groups in total. The lowest BCUT2D eigenvalue weighted by molar-refractivity contribution is -0.141. The number of carboxylic acids is 1. The zero-order valence-corrected chi connectivity index (χ0v) is 11.3. The highest BCUT2D eigenvalue weighted by Crippen LogP contribution is 2.16. The van der Waals surface area contributed by atoms with E-state index in [0.717, 1.165) is 11.3 Å². The molecule has 0 saturated carbocycles. The molecule has 2 amide bonds. The molecule has 1 fully saturated rings. The Balaban J connectivity index is 1.85. The second kappa shape index (κ2) is 6.27. The molecule has 1 aliphatic heterocycles. The first-order valence-electron chi connectivity index (χ1n) is 6.48. The van der Waals surface area contributed by atoms with Crippen molar-refractivity contribution in [3.63, 3.8) is 0 Å². The minimum atomic E-state index is -0.840. The number of amides is 2. The number of methoxy groups -OCH3 is 1. The Morgan fingerprint density at radius 1 is 1.50 bits per heavy atom. The van der Waals surface area contributed by atoms with Crippen LogP contribution >= 0.6 is 0 Å². The zero-order chi connectivity index (χ0) is 14.5. The van der Waals surface area contributed by atoms with Crippen molar-refractivity contribution in [3.8, 4) is 5.75 Å². The van der Waals surface area contributed by atoms with Gasteiger partial charge in [-0.15, -0.1) is 0 Å². The lowest BCUT2D eigenvalue weighted by atomic mass is 10.1. The summed E-state index contributed by atoms with van der Waals surface area (Å²) in [7, 11) is 1.59. The molecule has 1 aromatic carbocycles. The summed E-state index contributed by atoms with van der Waals surface area (Å²) < 4.78 is 5.11. The topological polar surface area (TPSA) is 78.9 Å². The molecular weight excluding hydrogens is 260 g/mol. The molecule has 1 unspecified atom stereocenters. The number of nitrogens with zero attached hydrogens (tertiary/aromatic N) is 1. The van der Waals surface area contributed by atoms with Crippen molar-refractivity contribution in [2.75, 3.05) is 20.2 Å². The maximum Gasteiger partial charge on any atom is 0.317 e. The smallest absolute Gasteiger partial charge is 0.317 e. The van der Waals surface area contributed by atoms with E-state index in [1.165, 1.54) is 0 Å². The van der Waals surface area contributed by atoms with Crippen LogP contribution in [-0.2, 0) is 11.3 Å². The van der Waals surface area contributed by atoms with E-state index in [4.69, 9.17) is 9.84 Å². The van der Waals surface area contributed by atoms with Crippen LogP contribution in [0.25, 0.3) is 0 Å². The number of carbonyl (C=O) groups excluding carboxylic acids is 1. The highest BCUT2D eigenvalue weighted by molar-refractivity contribution is 5.77. The predicted molar refractivity (Wildman–Crippen MR) is 72.5 cm³/mol. The van der Waals surface area contributed by atoms with Crippen LogP contribution in [-0.4, -0.2) is 42.2 Å². The second-order valence-electron chi connectivity index (χ2n) is 4.78. The van der Waals surface area contributed by atoms with Crippen LogP contribution in [0.15, 0.2) is 24.3 Å². The fraction of sp³-hybridized carbons (Fsp3) is 0.429. The number of likely N-dealkylation sites (tertiary alicyclic amines) is 1. The van der Waals surface area contributed by atoms with Crippen molar-refractivity contribution < 1.29 is 19.4 Å². The Hall–Kier alpha value is -2.24. The van der Waals surface area contributed by atoms with Crippen molar-refractivity contribution >= 4 is 12.0 Å². The third-order valence-corrected chi connectivity index (χ3v) is 3.40. The van der Waals surface area contributed by atoms with E-state index in [2.05, 4.69) is 5.32 Å². The van der Waals surface area contributed by atoms with Crippen LogP contribution in [0.3, 0.4) is 0 Å². The standard InChI is InChI=1S/C14H18N2O4/c1-20-12-4-2-3-10(7-12)8-15-14(19)16-6-5-11(9-16)13(17)18/h2-4,7,11H,5-6,8-9H2,1H3,(H,15,19)(H,17,18). The van der Waals surface area contributed by atoms with E-state index in [9.17, 15) is 9.59 Å². The monoisotopic (exact) mass is 278 g/mol. The first-order valence-corrected chi connectivity index (χ1v) is 6.48.